The monoisotopic (exact) mass is 287 g/mol. The summed E-state index contributed by atoms with van der Waals surface area (Å²) in [6.07, 6.45) is 0.819. The summed E-state index contributed by atoms with van der Waals surface area (Å²) in [7, 11) is 0. The molecular formula is C12H14FNO6. The fraction of sp³-hybridized carbons (Fsp3) is 0.417. The summed E-state index contributed by atoms with van der Waals surface area (Å²) in [5.74, 6) is -3.00. The van der Waals surface area contributed by atoms with E-state index in [0.29, 0.717) is 12.7 Å². The summed E-state index contributed by atoms with van der Waals surface area (Å²) >= 11 is 0. The smallest absolute Gasteiger partial charge is 0.338 e. The average Bonchev–Trinajstić information content (AvgIpc) is 2.39. The molecule has 0 saturated heterocycles. The lowest BCUT2D eigenvalue weighted by molar-refractivity contribution is -0.386. The molecule has 1 rings (SSSR count). The highest BCUT2D eigenvalue weighted by Gasteiger charge is 2.22. The summed E-state index contributed by atoms with van der Waals surface area (Å²) in [4.78, 5) is 20.7. The molecule has 0 atom stereocenters. The van der Waals surface area contributed by atoms with Gasteiger partial charge in [0.25, 0.3) is 0 Å². The van der Waals surface area contributed by atoms with Crippen LogP contribution in [0.25, 0.3) is 0 Å². The van der Waals surface area contributed by atoms with Gasteiger partial charge in [-0.15, -0.1) is 0 Å². The molecule has 1 N–H and O–H groups in total. The SMILES string of the molecule is CCCOCCOc1cc(C(=O)O)c(F)cc1[N+](=O)[O-]. The Bertz CT molecular complexity index is 505. The number of carboxylic acid groups (broad SMARTS) is 1. The number of benzene rings is 1. The van der Waals surface area contributed by atoms with E-state index in [-0.39, 0.29) is 19.0 Å². The van der Waals surface area contributed by atoms with Crippen LogP contribution in [0.15, 0.2) is 12.1 Å². The average molecular weight is 287 g/mol. The Balaban J connectivity index is 2.88. The third-order valence-electron chi connectivity index (χ3n) is 2.31. The van der Waals surface area contributed by atoms with Gasteiger partial charge in [-0.25, -0.2) is 9.18 Å². The van der Waals surface area contributed by atoms with Crippen molar-refractivity contribution in [3.63, 3.8) is 0 Å². The van der Waals surface area contributed by atoms with Gasteiger partial charge >= 0.3 is 11.7 Å². The van der Waals surface area contributed by atoms with Gasteiger partial charge in [-0.3, -0.25) is 10.1 Å². The number of nitro groups is 1. The molecule has 0 heterocycles. The Labute approximate surface area is 114 Å². The number of halogens is 1. The second kappa shape index (κ2) is 7.39. The molecule has 8 heteroatoms. The van der Waals surface area contributed by atoms with Crippen molar-refractivity contribution in [1.29, 1.82) is 0 Å². The van der Waals surface area contributed by atoms with Crippen molar-refractivity contribution < 1.29 is 28.7 Å². The van der Waals surface area contributed by atoms with E-state index in [2.05, 4.69) is 0 Å². The van der Waals surface area contributed by atoms with Gasteiger partial charge in [0.05, 0.1) is 23.2 Å². The van der Waals surface area contributed by atoms with Gasteiger partial charge in [0, 0.05) is 12.7 Å². The van der Waals surface area contributed by atoms with Gasteiger partial charge in [-0.2, -0.15) is 0 Å². The highest BCUT2D eigenvalue weighted by Crippen LogP contribution is 2.30. The van der Waals surface area contributed by atoms with Crippen LogP contribution in [0.2, 0.25) is 0 Å². The molecule has 20 heavy (non-hydrogen) atoms. The number of carbonyl (C=O) groups is 1. The Morgan fingerprint density at radius 3 is 2.65 bits per heavy atom. The first-order valence-electron chi connectivity index (χ1n) is 5.89. The molecule has 0 spiro atoms. The fourth-order valence-electron chi connectivity index (χ4n) is 1.42. The molecule has 7 nitrogen and oxygen atoms in total. The van der Waals surface area contributed by atoms with E-state index < -0.39 is 28.0 Å². The first-order valence-corrected chi connectivity index (χ1v) is 5.89. The van der Waals surface area contributed by atoms with Gasteiger partial charge in [-0.05, 0) is 6.42 Å². The van der Waals surface area contributed by atoms with Crippen LogP contribution < -0.4 is 4.74 Å². The van der Waals surface area contributed by atoms with Crippen LogP contribution in [-0.2, 0) is 4.74 Å². The zero-order valence-electron chi connectivity index (χ0n) is 10.8. The number of hydrogen-bond donors (Lipinski definition) is 1. The van der Waals surface area contributed by atoms with Gasteiger partial charge in [0.2, 0.25) is 0 Å². The molecule has 1 aromatic carbocycles. The number of nitrogens with zero attached hydrogens (tertiary/aromatic N) is 1. The van der Waals surface area contributed by atoms with Gasteiger partial charge < -0.3 is 14.6 Å². The van der Waals surface area contributed by atoms with Gasteiger partial charge in [0.15, 0.2) is 5.75 Å². The molecule has 0 aromatic heterocycles. The third-order valence-corrected chi connectivity index (χ3v) is 2.31. The molecule has 1 aromatic rings. The maximum Gasteiger partial charge on any atom is 0.338 e. The van der Waals surface area contributed by atoms with Crippen molar-refractivity contribution in [3.8, 4) is 5.75 Å². The predicted octanol–water partition coefficient (Wildman–Crippen LogP) is 2.24. The van der Waals surface area contributed by atoms with Crippen molar-refractivity contribution in [2.24, 2.45) is 0 Å². The quantitative estimate of drug-likeness (QED) is 0.447. The molecule has 0 aliphatic heterocycles. The van der Waals surface area contributed by atoms with E-state index in [1.54, 1.807) is 0 Å². The zero-order chi connectivity index (χ0) is 15.1. The Kier molecular flexibility index (Phi) is 5.85. The Morgan fingerprint density at radius 2 is 2.10 bits per heavy atom. The van der Waals surface area contributed by atoms with E-state index >= 15 is 0 Å². The minimum atomic E-state index is -1.52. The largest absolute Gasteiger partial charge is 0.484 e. The van der Waals surface area contributed by atoms with Gasteiger partial charge in [0.1, 0.15) is 12.4 Å². The molecular weight excluding hydrogens is 273 g/mol. The summed E-state index contributed by atoms with van der Waals surface area (Å²) in [6.45, 7) is 2.65. The van der Waals surface area contributed by atoms with Crippen LogP contribution in [0.1, 0.15) is 23.7 Å². The predicted molar refractivity (Wildman–Crippen MR) is 66.6 cm³/mol. The number of rotatable bonds is 8. The van der Waals surface area contributed by atoms with Crippen LogP contribution >= 0.6 is 0 Å². The number of ether oxygens (including phenoxy) is 2. The second-order valence-corrected chi connectivity index (χ2v) is 3.82. The van der Waals surface area contributed by atoms with E-state index in [0.717, 1.165) is 12.5 Å². The van der Waals surface area contributed by atoms with Gasteiger partial charge in [-0.1, -0.05) is 6.92 Å². The van der Waals surface area contributed by atoms with E-state index in [1.807, 2.05) is 6.92 Å². The first-order chi connectivity index (χ1) is 9.47. The van der Waals surface area contributed by atoms with Crippen LogP contribution in [-0.4, -0.2) is 35.8 Å². The standard InChI is InChI=1S/C12H14FNO6/c1-2-3-19-4-5-20-11-6-8(12(15)16)9(13)7-10(11)14(17)18/h6-7H,2-5H2,1H3,(H,15,16). The molecule has 0 fully saturated rings. The Morgan fingerprint density at radius 1 is 1.40 bits per heavy atom. The van der Waals surface area contributed by atoms with E-state index in [1.165, 1.54) is 0 Å². The lowest BCUT2D eigenvalue weighted by Gasteiger charge is -2.08. The fourth-order valence-corrected chi connectivity index (χ4v) is 1.42. The highest BCUT2D eigenvalue weighted by molar-refractivity contribution is 5.89. The molecule has 0 saturated carbocycles. The zero-order valence-corrected chi connectivity index (χ0v) is 10.8. The molecule has 0 amide bonds. The molecule has 0 aliphatic carbocycles. The van der Waals surface area contributed by atoms with E-state index in [9.17, 15) is 19.3 Å². The lowest BCUT2D eigenvalue weighted by atomic mass is 10.2. The topological polar surface area (TPSA) is 98.9 Å². The van der Waals surface area contributed by atoms with Crippen molar-refractivity contribution in [2.75, 3.05) is 19.8 Å². The molecule has 0 unspecified atom stereocenters. The second-order valence-electron chi connectivity index (χ2n) is 3.82. The number of hydrogen-bond acceptors (Lipinski definition) is 5. The summed E-state index contributed by atoms with van der Waals surface area (Å²) in [5.41, 5.74) is -1.30. The van der Waals surface area contributed by atoms with E-state index in [4.69, 9.17) is 14.6 Å². The first kappa shape index (κ1) is 15.8. The minimum Gasteiger partial charge on any atom is -0.484 e. The maximum absolute atomic E-state index is 13.4. The summed E-state index contributed by atoms with van der Waals surface area (Å²) < 4.78 is 23.6. The van der Waals surface area contributed by atoms with Crippen LogP contribution in [0, 0.1) is 15.9 Å². The lowest BCUT2D eigenvalue weighted by Crippen LogP contribution is -2.10. The van der Waals surface area contributed by atoms with Crippen LogP contribution in [0.3, 0.4) is 0 Å². The number of carboxylic acids is 1. The Hall–Kier alpha value is -2.22. The number of nitro benzene ring substituents is 1. The molecule has 110 valence electrons. The number of aromatic carboxylic acids is 1. The van der Waals surface area contributed by atoms with Crippen molar-refractivity contribution >= 4 is 11.7 Å². The highest BCUT2D eigenvalue weighted by atomic mass is 19.1. The van der Waals surface area contributed by atoms with Crippen LogP contribution in [0.5, 0.6) is 5.75 Å². The van der Waals surface area contributed by atoms with Crippen LogP contribution in [0.4, 0.5) is 10.1 Å². The minimum absolute atomic E-state index is 0.00549. The third kappa shape index (κ3) is 4.16. The van der Waals surface area contributed by atoms with Crippen molar-refractivity contribution in [2.45, 2.75) is 13.3 Å². The summed E-state index contributed by atoms with van der Waals surface area (Å²) in [6, 6.07) is 1.33. The van der Waals surface area contributed by atoms with Crippen molar-refractivity contribution in [1.82, 2.24) is 0 Å². The maximum atomic E-state index is 13.4. The molecule has 0 aliphatic rings. The normalized spacial score (nSPS) is 10.3. The molecule has 0 radical (unpaired) electrons. The molecule has 0 bridgehead atoms. The van der Waals surface area contributed by atoms with Crippen molar-refractivity contribution in [3.05, 3.63) is 33.6 Å². The summed E-state index contributed by atoms with van der Waals surface area (Å²) in [5, 5.41) is 19.5.